The van der Waals surface area contributed by atoms with Crippen LogP contribution in [0.3, 0.4) is 0 Å². The number of aromatic nitrogens is 2. The van der Waals surface area contributed by atoms with E-state index in [1.54, 1.807) is 18.3 Å². The number of hydrogen-bond acceptors (Lipinski definition) is 4. The van der Waals surface area contributed by atoms with Crippen molar-refractivity contribution in [1.82, 2.24) is 9.97 Å². The first-order chi connectivity index (χ1) is 14.3. The van der Waals surface area contributed by atoms with Crippen molar-refractivity contribution in [1.29, 1.82) is 0 Å². The first-order valence-electron chi connectivity index (χ1n) is 9.15. The van der Waals surface area contributed by atoms with E-state index in [9.17, 15) is 13.2 Å². The van der Waals surface area contributed by atoms with Crippen molar-refractivity contribution in [3.8, 4) is 22.3 Å². The van der Waals surface area contributed by atoms with Gasteiger partial charge in [0.05, 0.1) is 12.7 Å². The van der Waals surface area contributed by atoms with Crippen molar-refractivity contribution in [2.45, 2.75) is 6.42 Å². The van der Waals surface area contributed by atoms with Crippen LogP contribution in [0.4, 0.5) is 5.69 Å². The van der Waals surface area contributed by atoms with Gasteiger partial charge in [-0.05, 0) is 34.9 Å². The van der Waals surface area contributed by atoms with Crippen molar-refractivity contribution >= 4 is 32.7 Å². The maximum atomic E-state index is 11.4. The maximum Gasteiger partial charge on any atom is 0.307 e. The number of carboxylic acid groups (broad SMARTS) is 1. The smallest absolute Gasteiger partial charge is 0.307 e. The molecule has 0 aliphatic rings. The van der Waals surface area contributed by atoms with E-state index in [4.69, 9.17) is 5.11 Å². The number of carbonyl (C=O) groups is 1. The maximum absolute atomic E-state index is 11.4. The zero-order chi connectivity index (χ0) is 21.3. The SMILES string of the molecule is CS(=O)(=O)Nc1ccc(-c2cnc3[nH]cc(-c4ccc(CC(=O)O)cc4)c3c2)cc1. The largest absolute Gasteiger partial charge is 0.481 e. The quantitative estimate of drug-likeness (QED) is 0.437. The third-order valence-electron chi connectivity index (χ3n) is 4.67. The molecule has 0 atom stereocenters. The molecule has 30 heavy (non-hydrogen) atoms. The number of nitrogens with zero attached hydrogens (tertiary/aromatic N) is 1. The predicted octanol–water partition coefficient (Wildman–Crippen LogP) is 3.90. The highest BCUT2D eigenvalue weighted by molar-refractivity contribution is 7.92. The fourth-order valence-corrected chi connectivity index (χ4v) is 3.89. The Labute approximate surface area is 173 Å². The second-order valence-electron chi connectivity index (χ2n) is 7.04. The molecule has 0 fully saturated rings. The zero-order valence-electron chi connectivity index (χ0n) is 16.1. The molecular weight excluding hydrogens is 402 g/mol. The van der Waals surface area contributed by atoms with E-state index < -0.39 is 16.0 Å². The lowest BCUT2D eigenvalue weighted by molar-refractivity contribution is -0.136. The number of anilines is 1. The van der Waals surface area contributed by atoms with Crippen LogP contribution in [0.5, 0.6) is 0 Å². The summed E-state index contributed by atoms with van der Waals surface area (Å²) in [5.74, 6) is -0.860. The van der Waals surface area contributed by atoms with E-state index in [2.05, 4.69) is 14.7 Å². The van der Waals surface area contributed by atoms with Crippen molar-refractivity contribution in [2.75, 3.05) is 11.0 Å². The van der Waals surface area contributed by atoms with Gasteiger partial charge in [-0.15, -0.1) is 0 Å². The summed E-state index contributed by atoms with van der Waals surface area (Å²) >= 11 is 0. The summed E-state index contributed by atoms with van der Waals surface area (Å²) in [5.41, 5.74) is 5.73. The fraction of sp³-hybridized carbons (Fsp3) is 0.0909. The van der Waals surface area contributed by atoms with Crippen LogP contribution < -0.4 is 4.72 Å². The highest BCUT2D eigenvalue weighted by Crippen LogP contribution is 2.31. The van der Waals surface area contributed by atoms with Gasteiger partial charge in [0.25, 0.3) is 0 Å². The number of aliphatic carboxylic acids is 1. The number of H-pyrrole nitrogens is 1. The molecular formula is C22H19N3O4S. The summed E-state index contributed by atoms with van der Waals surface area (Å²) in [4.78, 5) is 18.5. The first-order valence-corrected chi connectivity index (χ1v) is 11.0. The Hall–Kier alpha value is -3.65. The molecule has 4 aromatic rings. The Morgan fingerprint density at radius 3 is 2.33 bits per heavy atom. The van der Waals surface area contributed by atoms with Crippen molar-refractivity contribution < 1.29 is 18.3 Å². The van der Waals surface area contributed by atoms with Gasteiger partial charge < -0.3 is 10.1 Å². The van der Waals surface area contributed by atoms with Gasteiger partial charge in [0, 0.05) is 34.6 Å². The van der Waals surface area contributed by atoms with E-state index in [0.717, 1.165) is 45.1 Å². The van der Waals surface area contributed by atoms with Gasteiger partial charge in [-0.25, -0.2) is 13.4 Å². The van der Waals surface area contributed by atoms with Gasteiger partial charge in [-0.1, -0.05) is 36.4 Å². The van der Waals surface area contributed by atoms with E-state index in [-0.39, 0.29) is 6.42 Å². The minimum absolute atomic E-state index is 0.00987. The van der Waals surface area contributed by atoms with Gasteiger partial charge in [0.15, 0.2) is 0 Å². The van der Waals surface area contributed by atoms with E-state index in [1.165, 1.54) is 0 Å². The monoisotopic (exact) mass is 421 g/mol. The standard InChI is InChI=1S/C22H19N3O4S/c1-30(28,29)25-18-8-6-15(7-9-18)17-11-19-20(13-24-22(19)23-12-17)16-4-2-14(3-5-16)10-21(26)27/h2-9,11-13,25H,10H2,1H3,(H,23,24)(H,26,27). The molecule has 0 radical (unpaired) electrons. The fourth-order valence-electron chi connectivity index (χ4n) is 3.32. The molecule has 0 spiro atoms. The Bertz CT molecular complexity index is 1330. The molecule has 0 unspecified atom stereocenters. The zero-order valence-corrected chi connectivity index (χ0v) is 16.9. The number of aromatic amines is 1. The summed E-state index contributed by atoms with van der Waals surface area (Å²) in [7, 11) is -3.32. The van der Waals surface area contributed by atoms with Crippen LogP contribution in [0, 0.1) is 0 Å². The van der Waals surface area contributed by atoms with Crippen LogP contribution in [-0.2, 0) is 21.2 Å². The van der Waals surface area contributed by atoms with Gasteiger partial charge >= 0.3 is 5.97 Å². The Morgan fingerprint density at radius 1 is 1.03 bits per heavy atom. The number of hydrogen-bond donors (Lipinski definition) is 3. The number of fused-ring (bicyclic) bond motifs is 1. The van der Waals surface area contributed by atoms with Gasteiger partial charge in [-0.2, -0.15) is 0 Å². The molecule has 8 heteroatoms. The van der Waals surface area contributed by atoms with Crippen LogP contribution in [0.1, 0.15) is 5.56 Å². The summed E-state index contributed by atoms with van der Waals surface area (Å²) in [6, 6.07) is 16.5. The molecule has 0 aliphatic carbocycles. The highest BCUT2D eigenvalue weighted by atomic mass is 32.2. The molecule has 0 saturated carbocycles. The normalized spacial score (nSPS) is 11.5. The van der Waals surface area contributed by atoms with Gasteiger partial charge in [0.1, 0.15) is 5.65 Å². The lowest BCUT2D eigenvalue weighted by atomic mass is 10.0. The molecule has 7 nitrogen and oxygen atoms in total. The number of carboxylic acids is 1. The number of rotatable bonds is 6. The number of benzene rings is 2. The topological polar surface area (TPSA) is 112 Å². The van der Waals surface area contributed by atoms with Crippen molar-refractivity contribution in [3.05, 3.63) is 72.6 Å². The van der Waals surface area contributed by atoms with Crippen LogP contribution in [-0.4, -0.2) is 35.7 Å². The molecule has 2 aromatic carbocycles. The molecule has 0 saturated heterocycles. The Balaban J connectivity index is 1.67. The molecule has 3 N–H and O–H groups in total. The van der Waals surface area contributed by atoms with E-state index in [1.807, 2.05) is 48.7 Å². The van der Waals surface area contributed by atoms with Crippen LogP contribution in [0.2, 0.25) is 0 Å². The number of nitrogens with one attached hydrogen (secondary N) is 2. The van der Waals surface area contributed by atoms with E-state index in [0.29, 0.717) is 5.69 Å². The van der Waals surface area contributed by atoms with Crippen LogP contribution in [0.15, 0.2) is 67.0 Å². The van der Waals surface area contributed by atoms with Gasteiger partial charge in [0.2, 0.25) is 10.0 Å². The summed E-state index contributed by atoms with van der Waals surface area (Å²) in [6.07, 6.45) is 4.74. The van der Waals surface area contributed by atoms with Crippen molar-refractivity contribution in [2.24, 2.45) is 0 Å². The number of sulfonamides is 1. The highest BCUT2D eigenvalue weighted by Gasteiger charge is 2.10. The lowest BCUT2D eigenvalue weighted by Gasteiger charge is -2.07. The van der Waals surface area contributed by atoms with Crippen molar-refractivity contribution in [3.63, 3.8) is 0 Å². The average Bonchev–Trinajstić information content (AvgIpc) is 3.11. The minimum atomic E-state index is -3.32. The summed E-state index contributed by atoms with van der Waals surface area (Å²) < 4.78 is 25.2. The van der Waals surface area contributed by atoms with E-state index >= 15 is 0 Å². The Morgan fingerprint density at radius 2 is 1.70 bits per heavy atom. The third-order valence-corrected chi connectivity index (χ3v) is 5.28. The minimum Gasteiger partial charge on any atom is -0.481 e. The molecule has 0 aliphatic heterocycles. The second-order valence-corrected chi connectivity index (χ2v) is 8.79. The molecule has 0 amide bonds. The lowest BCUT2D eigenvalue weighted by Crippen LogP contribution is -2.09. The molecule has 2 heterocycles. The third kappa shape index (κ3) is 4.33. The van der Waals surface area contributed by atoms with Crippen LogP contribution >= 0.6 is 0 Å². The molecule has 152 valence electrons. The van der Waals surface area contributed by atoms with Crippen LogP contribution in [0.25, 0.3) is 33.3 Å². The first kappa shape index (κ1) is 19.7. The Kier molecular flexibility index (Phi) is 5.01. The summed E-state index contributed by atoms with van der Waals surface area (Å²) in [5, 5.41) is 9.87. The molecule has 0 bridgehead atoms. The number of pyridine rings is 1. The summed E-state index contributed by atoms with van der Waals surface area (Å²) in [6.45, 7) is 0. The molecule has 4 rings (SSSR count). The second kappa shape index (κ2) is 7.64. The molecule has 2 aromatic heterocycles. The van der Waals surface area contributed by atoms with Gasteiger partial charge in [-0.3, -0.25) is 9.52 Å². The predicted molar refractivity (Wildman–Crippen MR) is 117 cm³/mol. The average molecular weight is 421 g/mol.